The zero-order chi connectivity index (χ0) is 11.5. The largest absolute Gasteiger partial charge is 0.258 e. The minimum absolute atomic E-state index is 0.613. The number of hydrogen-bond donors (Lipinski definition) is 0. The first-order chi connectivity index (χ1) is 7.65. The van der Waals surface area contributed by atoms with Crippen LogP contribution in [0, 0.1) is 13.8 Å². The summed E-state index contributed by atoms with van der Waals surface area (Å²) in [6, 6.07) is 6.27. The van der Waals surface area contributed by atoms with Crippen LogP contribution in [0.2, 0.25) is 0 Å². The summed E-state index contributed by atoms with van der Waals surface area (Å²) in [6.07, 6.45) is 2.30. The van der Waals surface area contributed by atoms with Gasteiger partial charge < -0.3 is 0 Å². The van der Waals surface area contributed by atoms with Gasteiger partial charge in [-0.25, -0.2) is 4.39 Å². The molecule has 2 rings (SSSR count). The highest BCUT2D eigenvalue weighted by Crippen LogP contribution is 2.24. The lowest BCUT2D eigenvalue weighted by atomic mass is 9.96. The molecule has 0 aliphatic heterocycles. The van der Waals surface area contributed by atoms with Crippen LogP contribution in [0.5, 0.6) is 0 Å². The zero-order valence-electron chi connectivity index (χ0n) is 9.96. The van der Waals surface area contributed by atoms with Crippen LogP contribution >= 0.6 is 0 Å². The molecule has 2 heteroatoms. The molecule has 0 unspecified atom stereocenters. The Labute approximate surface area is 96.4 Å². The van der Waals surface area contributed by atoms with Crippen molar-refractivity contribution in [2.75, 3.05) is 0 Å². The van der Waals surface area contributed by atoms with Gasteiger partial charge in [-0.15, -0.1) is 0 Å². The van der Waals surface area contributed by atoms with Gasteiger partial charge in [-0.2, -0.15) is 0 Å². The lowest BCUT2D eigenvalue weighted by molar-refractivity contribution is 0.292. The third kappa shape index (κ3) is 2.69. The molecule has 0 amide bonds. The molecule has 16 heavy (non-hydrogen) atoms. The maximum atomic E-state index is 13.0. The summed E-state index contributed by atoms with van der Waals surface area (Å²) in [5, 5.41) is 0. The van der Waals surface area contributed by atoms with E-state index in [2.05, 4.69) is 37.0 Å². The van der Waals surface area contributed by atoms with E-state index in [1.165, 1.54) is 11.1 Å². The minimum Gasteiger partial charge on any atom is -0.258 e. The molecule has 1 saturated carbocycles. The van der Waals surface area contributed by atoms with Crippen molar-refractivity contribution in [3.63, 3.8) is 0 Å². The molecule has 0 atom stereocenters. The van der Waals surface area contributed by atoms with Crippen molar-refractivity contribution in [3.05, 3.63) is 29.3 Å². The second-order valence-corrected chi connectivity index (χ2v) is 4.64. The lowest BCUT2D eigenvalue weighted by Crippen LogP contribution is -2.14. The smallest absolute Gasteiger partial charge is 0.101 e. The summed E-state index contributed by atoms with van der Waals surface area (Å²) < 4.78 is 13.0. The van der Waals surface area contributed by atoms with Crippen molar-refractivity contribution in [2.45, 2.75) is 45.7 Å². The van der Waals surface area contributed by atoms with E-state index in [0.717, 1.165) is 24.2 Å². The van der Waals surface area contributed by atoms with Gasteiger partial charge in [0.1, 0.15) is 6.17 Å². The highest BCUT2D eigenvalue weighted by atomic mass is 19.1. The van der Waals surface area contributed by atoms with Crippen molar-refractivity contribution < 1.29 is 4.39 Å². The second kappa shape index (κ2) is 4.77. The molecular formula is C14H18FN. The molecule has 1 nitrogen and oxygen atoms in total. The number of hydrogen-bond acceptors (Lipinski definition) is 1. The van der Waals surface area contributed by atoms with Crippen LogP contribution in [0.15, 0.2) is 23.2 Å². The van der Waals surface area contributed by atoms with E-state index < -0.39 is 6.17 Å². The molecule has 1 aromatic rings. The van der Waals surface area contributed by atoms with Crippen molar-refractivity contribution in [1.82, 2.24) is 0 Å². The Morgan fingerprint density at radius 3 is 2.50 bits per heavy atom. The Hall–Kier alpha value is -1.18. The molecular weight excluding hydrogens is 201 g/mol. The van der Waals surface area contributed by atoms with E-state index in [1.54, 1.807) is 0 Å². The number of rotatable bonds is 1. The molecule has 0 radical (unpaired) electrons. The van der Waals surface area contributed by atoms with Crippen LogP contribution in [0.1, 0.15) is 36.8 Å². The quantitative estimate of drug-likeness (QED) is 0.668. The van der Waals surface area contributed by atoms with Gasteiger partial charge in [-0.3, -0.25) is 4.99 Å². The van der Waals surface area contributed by atoms with Crippen LogP contribution in [-0.2, 0) is 0 Å². The Kier molecular flexibility index (Phi) is 3.37. The molecule has 0 bridgehead atoms. The molecule has 86 valence electrons. The van der Waals surface area contributed by atoms with Gasteiger partial charge in [0, 0.05) is 5.71 Å². The standard InChI is InChI=1S/C14H18FN/c1-10-3-8-14(11(2)9-10)16-13-6-4-12(15)5-7-13/h3,8-9,12H,4-7H2,1-2H3. The van der Waals surface area contributed by atoms with Crippen LogP contribution in [0.4, 0.5) is 10.1 Å². The molecule has 1 aliphatic rings. The monoisotopic (exact) mass is 219 g/mol. The summed E-state index contributed by atoms with van der Waals surface area (Å²) in [5.41, 5.74) is 4.66. The molecule has 0 spiro atoms. The average Bonchev–Trinajstić information content (AvgIpc) is 2.25. The predicted molar refractivity (Wildman–Crippen MR) is 66.4 cm³/mol. The number of halogens is 1. The molecule has 1 aliphatic carbocycles. The summed E-state index contributed by atoms with van der Waals surface area (Å²) >= 11 is 0. The van der Waals surface area contributed by atoms with Gasteiger partial charge >= 0.3 is 0 Å². The summed E-state index contributed by atoms with van der Waals surface area (Å²) in [7, 11) is 0. The molecule has 0 N–H and O–H groups in total. The summed E-state index contributed by atoms with van der Waals surface area (Å²) in [6.45, 7) is 4.16. The molecule has 0 heterocycles. The van der Waals surface area contributed by atoms with Gasteiger partial charge in [0.2, 0.25) is 0 Å². The number of nitrogens with zero attached hydrogens (tertiary/aromatic N) is 1. The lowest BCUT2D eigenvalue weighted by Gasteiger charge is -2.16. The van der Waals surface area contributed by atoms with E-state index >= 15 is 0 Å². The van der Waals surface area contributed by atoms with E-state index in [1.807, 2.05) is 0 Å². The predicted octanol–water partition coefficient (Wildman–Crippen LogP) is 4.29. The fraction of sp³-hybridized carbons (Fsp3) is 0.500. The Morgan fingerprint density at radius 2 is 1.88 bits per heavy atom. The van der Waals surface area contributed by atoms with Crippen LogP contribution in [0.3, 0.4) is 0 Å². The zero-order valence-corrected chi connectivity index (χ0v) is 9.96. The van der Waals surface area contributed by atoms with Crippen molar-refractivity contribution in [1.29, 1.82) is 0 Å². The fourth-order valence-electron chi connectivity index (χ4n) is 2.13. The molecule has 1 fully saturated rings. The number of benzene rings is 1. The van der Waals surface area contributed by atoms with E-state index in [-0.39, 0.29) is 0 Å². The topological polar surface area (TPSA) is 12.4 Å². The number of aliphatic imine (C=N–C) groups is 1. The first-order valence-electron chi connectivity index (χ1n) is 5.93. The van der Waals surface area contributed by atoms with Gasteiger partial charge in [0.15, 0.2) is 0 Å². The first-order valence-corrected chi connectivity index (χ1v) is 5.93. The van der Waals surface area contributed by atoms with Crippen LogP contribution in [-0.4, -0.2) is 11.9 Å². The van der Waals surface area contributed by atoms with Crippen LogP contribution in [0.25, 0.3) is 0 Å². The second-order valence-electron chi connectivity index (χ2n) is 4.64. The normalized spacial score (nSPS) is 20.9. The van der Waals surface area contributed by atoms with E-state index in [4.69, 9.17) is 0 Å². The van der Waals surface area contributed by atoms with Gasteiger partial charge in [0.25, 0.3) is 0 Å². The molecule has 0 aromatic heterocycles. The maximum Gasteiger partial charge on any atom is 0.101 e. The fourth-order valence-corrected chi connectivity index (χ4v) is 2.13. The Bertz CT molecular complexity index is 399. The Balaban J connectivity index is 2.16. The maximum absolute atomic E-state index is 13.0. The van der Waals surface area contributed by atoms with Gasteiger partial charge in [0.05, 0.1) is 5.69 Å². The Morgan fingerprint density at radius 1 is 1.19 bits per heavy atom. The van der Waals surface area contributed by atoms with Crippen molar-refractivity contribution >= 4 is 11.4 Å². The third-order valence-electron chi connectivity index (χ3n) is 3.12. The summed E-state index contributed by atoms with van der Waals surface area (Å²) in [5.74, 6) is 0. The molecule has 1 aromatic carbocycles. The molecule has 0 saturated heterocycles. The number of alkyl halides is 1. The van der Waals surface area contributed by atoms with E-state index in [0.29, 0.717) is 12.8 Å². The highest BCUT2D eigenvalue weighted by molar-refractivity contribution is 5.87. The third-order valence-corrected chi connectivity index (χ3v) is 3.12. The van der Waals surface area contributed by atoms with Gasteiger partial charge in [-0.05, 0) is 51.2 Å². The van der Waals surface area contributed by atoms with E-state index in [9.17, 15) is 4.39 Å². The van der Waals surface area contributed by atoms with Gasteiger partial charge in [-0.1, -0.05) is 17.7 Å². The highest BCUT2D eigenvalue weighted by Gasteiger charge is 2.16. The summed E-state index contributed by atoms with van der Waals surface area (Å²) in [4.78, 5) is 4.64. The average molecular weight is 219 g/mol. The van der Waals surface area contributed by atoms with Crippen molar-refractivity contribution in [2.24, 2.45) is 4.99 Å². The van der Waals surface area contributed by atoms with Crippen LogP contribution < -0.4 is 0 Å². The first kappa shape index (κ1) is 11.3. The van der Waals surface area contributed by atoms with Crippen molar-refractivity contribution in [3.8, 4) is 0 Å². The number of aryl methyl sites for hydroxylation is 2. The SMILES string of the molecule is Cc1ccc(N=C2CCC(F)CC2)c(C)c1. The minimum atomic E-state index is -0.613.